The quantitative estimate of drug-likeness (QED) is 0.368. The summed E-state index contributed by atoms with van der Waals surface area (Å²) in [4.78, 5) is 13.5. The second-order valence-electron chi connectivity index (χ2n) is 7.83. The van der Waals surface area contributed by atoms with Crippen LogP contribution in [0.1, 0.15) is 11.5 Å². The highest BCUT2D eigenvalue weighted by Crippen LogP contribution is 2.42. The Hall–Kier alpha value is -3.76. The van der Waals surface area contributed by atoms with Crippen molar-refractivity contribution in [1.82, 2.24) is 15.0 Å². The van der Waals surface area contributed by atoms with E-state index < -0.39 is 0 Å². The summed E-state index contributed by atoms with van der Waals surface area (Å²) in [6, 6.07) is 24.4. The van der Waals surface area contributed by atoms with Crippen LogP contribution < -0.4 is 4.74 Å². The summed E-state index contributed by atoms with van der Waals surface area (Å²) in [5.74, 6) is 2.18. The molecule has 154 valence electrons. The molecule has 3 aromatic carbocycles. The predicted octanol–water partition coefficient (Wildman–Crippen LogP) is 6.50. The molecule has 4 nitrogen and oxygen atoms in total. The van der Waals surface area contributed by atoms with Crippen LogP contribution in [-0.4, -0.2) is 21.1 Å². The van der Waals surface area contributed by atoms with Gasteiger partial charge in [-0.1, -0.05) is 78.9 Å². The number of nitrogens with zero attached hydrogens (tertiary/aromatic N) is 3. The number of halogens is 1. The number of aromatic nitrogens is 3. The predicted molar refractivity (Wildman–Crippen MR) is 127 cm³/mol. The Bertz CT molecular complexity index is 1380. The second-order valence-corrected chi connectivity index (χ2v) is 8.17. The van der Waals surface area contributed by atoms with Crippen molar-refractivity contribution in [1.29, 1.82) is 0 Å². The summed E-state index contributed by atoms with van der Waals surface area (Å²) >= 11 is 6.31. The third-order valence-corrected chi connectivity index (χ3v) is 5.98. The van der Waals surface area contributed by atoms with Crippen LogP contribution >= 0.6 is 11.6 Å². The summed E-state index contributed by atoms with van der Waals surface area (Å²) in [7, 11) is 0. The van der Waals surface area contributed by atoms with Crippen LogP contribution in [-0.2, 0) is 0 Å². The highest BCUT2D eigenvalue weighted by atomic mass is 35.5. The molecule has 0 N–H and O–H groups in total. The Morgan fingerprint density at radius 1 is 0.656 bits per heavy atom. The van der Waals surface area contributed by atoms with Crippen LogP contribution in [0.4, 0.5) is 0 Å². The van der Waals surface area contributed by atoms with Crippen LogP contribution in [0.5, 0.6) is 5.75 Å². The van der Waals surface area contributed by atoms with Crippen LogP contribution in [0.3, 0.4) is 0 Å². The summed E-state index contributed by atoms with van der Waals surface area (Å²) in [6.45, 7) is 0. The number of rotatable bonds is 3. The molecule has 2 atom stereocenters. The second kappa shape index (κ2) is 7.74. The first-order valence-corrected chi connectivity index (χ1v) is 10.9. The first-order chi connectivity index (χ1) is 15.7. The normalized spacial score (nSPS) is 18.2. The van der Waals surface area contributed by atoms with Gasteiger partial charge in [0.2, 0.25) is 5.28 Å². The van der Waals surface area contributed by atoms with Gasteiger partial charge in [0.15, 0.2) is 11.6 Å². The molecule has 0 saturated heterocycles. The summed E-state index contributed by atoms with van der Waals surface area (Å²) < 4.78 is 6.14. The Morgan fingerprint density at radius 2 is 1.38 bits per heavy atom. The Labute approximate surface area is 190 Å². The molecule has 2 unspecified atom stereocenters. The Kier molecular flexibility index (Phi) is 4.58. The van der Waals surface area contributed by atoms with Gasteiger partial charge in [-0.3, -0.25) is 0 Å². The molecule has 6 rings (SSSR count). The van der Waals surface area contributed by atoms with Crippen molar-refractivity contribution in [3.63, 3.8) is 0 Å². The third kappa shape index (κ3) is 3.39. The van der Waals surface area contributed by atoms with Gasteiger partial charge in [-0.15, -0.1) is 0 Å². The molecule has 0 fully saturated rings. The molecule has 4 aromatic rings. The van der Waals surface area contributed by atoms with Gasteiger partial charge in [-0.2, -0.15) is 9.97 Å². The monoisotopic (exact) mass is 435 g/mol. The third-order valence-electron chi connectivity index (χ3n) is 5.81. The van der Waals surface area contributed by atoms with E-state index in [0.717, 1.165) is 28.0 Å². The van der Waals surface area contributed by atoms with E-state index in [0.29, 0.717) is 11.6 Å². The Balaban J connectivity index is 1.38. The molecule has 1 aromatic heterocycles. The average Bonchev–Trinajstić information content (AvgIpc) is 3.22. The van der Waals surface area contributed by atoms with Gasteiger partial charge >= 0.3 is 0 Å². The fraction of sp³-hybridized carbons (Fsp3) is 0.0741. The van der Waals surface area contributed by atoms with Crippen LogP contribution in [0.25, 0.3) is 33.9 Å². The lowest BCUT2D eigenvalue weighted by Gasteiger charge is -2.13. The molecule has 0 spiro atoms. The zero-order chi connectivity index (χ0) is 21.5. The maximum Gasteiger partial charge on any atom is 0.226 e. The summed E-state index contributed by atoms with van der Waals surface area (Å²) in [6.07, 6.45) is 8.39. The van der Waals surface area contributed by atoms with Crippen molar-refractivity contribution in [2.45, 2.75) is 12.0 Å². The van der Waals surface area contributed by atoms with E-state index in [1.54, 1.807) is 0 Å². The highest BCUT2D eigenvalue weighted by Gasteiger charge is 2.32. The topological polar surface area (TPSA) is 47.9 Å². The van der Waals surface area contributed by atoms with E-state index in [-0.39, 0.29) is 17.3 Å². The van der Waals surface area contributed by atoms with Crippen LogP contribution in [0.2, 0.25) is 5.28 Å². The minimum absolute atomic E-state index is 0.0449. The molecule has 2 aliphatic rings. The number of ether oxygens (including phenoxy) is 1. The lowest BCUT2D eigenvalue weighted by Crippen LogP contribution is -2.15. The van der Waals surface area contributed by atoms with Gasteiger partial charge in [0, 0.05) is 22.6 Å². The van der Waals surface area contributed by atoms with Gasteiger partial charge < -0.3 is 4.74 Å². The molecule has 0 saturated carbocycles. The van der Waals surface area contributed by atoms with Gasteiger partial charge in [0.1, 0.15) is 11.9 Å². The van der Waals surface area contributed by atoms with E-state index in [2.05, 4.69) is 58.5 Å². The molecule has 0 amide bonds. The zero-order valence-electron chi connectivity index (χ0n) is 17.0. The van der Waals surface area contributed by atoms with E-state index in [1.807, 2.05) is 48.5 Å². The van der Waals surface area contributed by atoms with E-state index in [1.165, 1.54) is 5.56 Å². The largest absolute Gasteiger partial charge is 0.485 e. The lowest BCUT2D eigenvalue weighted by molar-refractivity contribution is 0.269. The van der Waals surface area contributed by atoms with Crippen LogP contribution in [0.15, 0.2) is 97.1 Å². The van der Waals surface area contributed by atoms with Crippen LogP contribution in [0, 0.1) is 0 Å². The van der Waals surface area contributed by atoms with E-state index >= 15 is 0 Å². The minimum atomic E-state index is 0.0449. The highest BCUT2D eigenvalue weighted by molar-refractivity contribution is 6.28. The number of benzene rings is 3. The SMILES string of the molecule is Clc1nc(-c2cccc(-c3ccccc3)c2)nc(-c2ccc3c(c2)OC2C=CC=CC32)n1. The van der Waals surface area contributed by atoms with Crippen molar-refractivity contribution < 1.29 is 4.74 Å². The standard InChI is InChI=1S/C27H18ClN3O/c28-27-30-25(19-10-6-9-18(15-19)17-7-2-1-3-8-17)29-26(31-27)20-13-14-22-21-11-4-5-12-23(21)32-24(22)16-20/h1-16,21,23H. The molecule has 1 aliphatic carbocycles. The number of fused-ring (bicyclic) bond motifs is 3. The maximum atomic E-state index is 6.31. The van der Waals surface area contributed by atoms with Crippen molar-refractivity contribution in [3.05, 3.63) is 108 Å². The van der Waals surface area contributed by atoms with Gasteiger partial charge in [0.05, 0.1) is 0 Å². The molecule has 5 heteroatoms. The van der Waals surface area contributed by atoms with Crippen molar-refractivity contribution in [2.24, 2.45) is 0 Å². The minimum Gasteiger partial charge on any atom is -0.485 e. The zero-order valence-corrected chi connectivity index (χ0v) is 17.8. The molecule has 2 heterocycles. The smallest absolute Gasteiger partial charge is 0.226 e. The number of hydrogen-bond donors (Lipinski definition) is 0. The van der Waals surface area contributed by atoms with E-state index in [4.69, 9.17) is 21.3 Å². The van der Waals surface area contributed by atoms with Gasteiger partial charge in [0.25, 0.3) is 0 Å². The summed E-state index contributed by atoms with van der Waals surface area (Å²) in [5, 5.41) is 0.163. The lowest BCUT2D eigenvalue weighted by atomic mass is 9.91. The molecular weight excluding hydrogens is 418 g/mol. The molecule has 0 radical (unpaired) electrons. The summed E-state index contributed by atoms with van der Waals surface area (Å²) in [5.41, 5.74) is 5.14. The van der Waals surface area contributed by atoms with Crippen molar-refractivity contribution in [2.75, 3.05) is 0 Å². The number of hydrogen-bond acceptors (Lipinski definition) is 4. The van der Waals surface area contributed by atoms with Gasteiger partial charge in [-0.05, 0) is 40.9 Å². The molecule has 0 bridgehead atoms. The maximum absolute atomic E-state index is 6.31. The molecule has 32 heavy (non-hydrogen) atoms. The fourth-order valence-electron chi connectivity index (χ4n) is 4.25. The van der Waals surface area contributed by atoms with Crippen molar-refractivity contribution in [3.8, 4) is 39.7 Å². The first-order valence-electron chi connectivity index (χ1n) is 10.5. The average molecular weight is 436 g/mol. The Morgan fingerprint density at radius 3 is 2.22 bits per heavy atom. The molecule has 1 aliphatic heterocycles. The molecular formula is C27H18ClN3O. The van der Waals surface area contributed by atoms with Crippen molar-refractivity contribution >= 4 is 11.6 Å². The number of allylic oxidation sites excluding steroid dienone is 2. The fourth-order valence-corrected chi connectivity index (χ4v) is 4.41. The van der Waals surface area contributed by atoms with Gasteiger partial charge in [-0.25, -0.2) is 4.98 Å². The van der Waals surface area contributed by atoms with E-state index in [9.17, 15) is 0 Å². The first kappa shape index (κ1) is 19.0.